The minimum Gasteiger partial charge on any atom is -0.457 e. The minimum absolute atomic E-state index is 0.177. The van der Waals surface area contributed by atoms with E-state index in [1.165, 1.54) is 0 Å². The van der Waals surface area contributed by atoms with E-state index < -0.39 is 5.54 Å². The van der Waals surface area contributed by atoms with Gasteiger partial charge >= 0.3 is 0 Å². The molecule has 3 N–H and O–H groups in total. The summed E-state index contributed by atoms with van der Waals surface area (Å²) in [4.78, 5) is 16.3. The van der Waals surface area contributed by atoms with Crippen LogP contribution in [0.5, 0.6) is 11.5 Å². The number of carbonyl (C=O) groups is 1. The molecule has 0 bridgehead atoms. The van der Waals surface area contributed by atoms with Crippen LogP contribution in [0.1, 0.15) is 12.8 Å². The van der Waals surface area contributed by atoms with E-state index in [9.17, 15) is 4.79 Å². The number of anilines is 1. The van der Waals surface area contributed by atoms with Gasteiger partial charge in [0.2, 0.25) is 5.91 Å². The lowest BCUT2D eigenvalue weighted by Gasteiger charge is -2.31. The molecule has 1 aliphatic rings. The molecule has 1 aliphatic heterocycles. The number of aromatic nitrogens is 1. The molecule has 0 spiro atoms. The van der Waals surface area contributed by atoms with E-state index >= 15 is 0 Å². The minimum atomic E-state index is -0.857. The van der Waals surface area contributed by atoms with Crippen molar-refractivity contribution in [2.45, 2.75) is 18.4 Å². The maximum Gasteiger partial charge on any atom is 0.244 e. The Labute approximate surface area is 134 Å². The molecule has 2 aromatic rings. The molecule has 1 amide bonds. The smallest absolute Gasteiger partial charge is 0.244 e. The van der Waals surface area contributed by atoms with Gasteiger partial charge in [0, 0.05) is 31.3 Å². The van der Waals surface area contributed by atoms with Gasteiger partial charge in [0.15, 0.2) is 0 Å². The van der Waals surface area contributed by atoms with E-state index in [4.69, 9.17) is 15.2 Å². The Hall–Kier alpha value is -2.44. The van der Waals surface area contributed by atoms with Crippen LogP contribution in [0.2, 0.25) is 0 Å². The number of hydrogen-bond acceptors (Lipinski definition) is 5. The average molecular weight is 313 g/mol. The first kappa shape index (κ1) is 15.5. The Morgan fingerprint density at radius 1 is 1.09 bits per heavy atom. The van der Waals surface area contributed by atoms with Gasteiger partial charge in [0.1, 0.15) is 17.0 Å². The molecule has 1 saturated heterocycles. The quantitative estimate of drug-likeness (QED) is 0.904. The van der Waals surface area contributed by atoms with E-state index in [0.717, 1.165) is 0 Å². The summed E-state index contributed by atoms with van der Waals surface area (Å²) >= 11 is 0. The molecular weight excluding hydrogens is 294 g/mol. The molecule has 0 aliphatic carbocycles. The van der Waals surface area contributed by atoms with Gasteiger partial charge in [-0.05, 0) is 49.2 Å². The predicted molar refractivity (Wildman–Crippen MR) is 86.4 cm³/mol. The second kappa shape index (κ2) is 6.76. The normalized spacial score (nSPS) is 16.6. The second-order valence-electron chi connectivity index (χ2n) is 5.53. The molecule has 0 radical (unpaired) electrons. The zero-order valence-corrected chi connectivity index (χ0v) is 12.7. The van der Waals surface area contributed by atoms with Crippen LogP contribution in [0.3, 0.4) is 0 Å². The van der Waals surface area contributed by atoms with Crippen LogP contribution in [-0.4, -0.2) is 29.6 Å². The van der Waals surface area contributed by atoms with Gasteiger partial charge in [-0.3, -0.25) is 9.78 Å². The van der Waals surface area contributed by atoms with Crippen molar-refractivity contribution in [1.29, 1.82) is 0 Å². The highest BCUT2D eigenvalue weighted by molar-refractivity contribution is 5.98. The molecule has 23 heavy (non-hydrogen) atoms. The Kier molecular flexibility index (Phi) is 4.55. The Morgan fingerprint density at radius 3 is 2.35 bits per heavy atom. The Bertz CT molecular complexity index is 653. The van der Waals surface area contributed by atoms with Gasteiger partial charge in [0.05, 0.1) is 0 Å². The lowest BCUT2D eigenvalue weighted by molar-refractivity contribution is -0.124. The summed E-state index contributed by atoms with van der Waals surface area (Å²) in [5, 5.41) is 2.86. The van der Waals surface area contributed by atoms with E-state index in [1.807, 2.05) is 0 Å². The molecule has 120 valence electrons. The van der Waals surface area contributed by atoms with Crippen molar-refractivity contribution in [2.75, 3.05) is 18.5 Å². The molecule has 3 rings (SSSR count). The lowest BCUT2D eigenvalue weighted by Crippen LogP contribution is -2.54. The van der Waals surface area contributed by atoms with Gasteiger partial charge in [-0.2, -0.15) is 0 Å². The first-order chi connectivity index (χ1) is 11.2. The third-order valence-corrected chi connectivity index (χ3v) is 3.83. The van der Waals surface area contributed by atoms with Crippen LogP contribution >= 0.6 is 0 Å². The third-order valence-electron chi connectivity index (χ3n) is 3.83. The van der Waals surface area contributed by atoms with E-state index in [2.05, 4.69) is 10.3 Å². The first-order valence-electron chi connectivity index (χ1n) is 7.52. The summed E-state index contributed by atoms with van der Waals surface area (Å²) in [6.45, 7) is 1.03. The number of carbonyl (C=O) groups excluding carboxylic acids is 1. The van der Waals surface area contributed by atoms with Crippen LogP contribution in [-0.2, 0) is 9.53 Å². The van der Waals surface area contributed by atoms with E-state index in [-0.39, 0.29) is 5.91 Å². The summed E-state index contributed by atoms with van der Waals surface area (Å²) in [6, 6.07) is 10.7. The highest BCUT2D eigenvalue weighted by atomic mass is 16.5. The highest BCUT2D eigenvalue weighted by Gasteiger charge is 2.35. The number of hydrogen-bond donors (Lipinski definition) is 2. The maximum atomic E-state index is 12.3. The van der Waals surface area contributed by atoms with Gasteiger partial charge in [0.25, 0.3) is 0 Å². The van der Waals surface area contributed by atoms with E-state index in [0.29, 0.717) is 43.2 Å². The van der Waals surface area contributed by atoms with Crippen molar-refractivity contribution in [1.82, 2.24) is 4.98 Å². The molecule has 1 fully saturated rings. The standard InChI is InChI=1S/C17H19N3O3/c18-17(7-11-22-12-8-17)16(21)20-13-1-3-14(4-2-13)23-15-5-9-19-10-6-15/h1-6,9-10H,7-8,11-12,18H2,(H,20,21). The number of nitrogens with one attached hydrogen (secondary N) is 1. The molecule has 2 heterocycles. The number of benzene rings is 1. The lowest BCUT2D eigenvalue weighted by atomic mass is 9.90. The Morgan fingerprint density at radius 2 is 1.70 bits per heavy atom. The first-order valence-corrected chi connectivity index (χ1v) is 7.52. The summed E-state index contributed by atoms with van der Waals surface area (Å²) in [5.74, 6) is 1.21. The maximum absolute atomic E-state index is 12.3. The zero-order chi connectivity index (χ0) is 16.1. The largest absolute Gasteiger partial charge is 0.457 e. The van der Waals surface area contributed by atoms with Gasteiger partial charge < -0.3 is 20.5 Å². The summed E-state index contributed by atoms with van der Waals surface area (Å²) in [6.07, 6.45) is 4.39. The Balaban J connectivity index is 1.62. The van der Waals surface area contributed by atoms with E-state index in [1.54, 1.807) is 48.8 Å². The molecule has 6 nitrogen and oxygen atoms in total. The molecule has 1 aromatic carbocycles. The fourth-order valence-electron chi connectivity index (χ4n) is 2.37. The second-order valence-corrected chi connectivity index (χ2v) is 5.53. The SMILES string of the molecule is NC1(C(=O)Nc2ccc(Oc3ccncc3)cc2)CCOCC1. The van der Waals surface area contributed by atoms with Gasteiger partial charge in [-0.25, -0.2) is 0 Å². The third kappa shape index (κ3) is 3.85. The van der Waals surface area contributed by atoms with Crippen molar-refractivity contribution >= 4 is 11.6 Å². The average Bonchev–Trinajstić information content (AvgIpc) is 2.58. The number of nitrogens with zero attached hydrogens (tertiary/aromatic N) is 1. The van der Waals surface area contributed by atoms with Crippen molar-refractivity contribution < 1.29 is 14.3 Å². The monoisotopic (exact) mass is 313 g/mol. The summed E-state index contributed by atoms with van der Waals surface area (Å²) in [7, 11) is 0. The van der Waals surface area contributed by atoms with Crippen molar-refractivity contribution in [3.05, 3.63) is 48.8 Å². The predicted octanol–water partition coefficient (Wildman–Crippen LogP) is 2.32. The fourth-order valence-corrected chi connectivity index (χ4v) is 2.37. The number of amides is 1. The molecule has 0 saturated carbocycles. The van der Waals surface area contributed by atoms with Crippen LogP contribution in [0, 0.1) is 0 Å². The molecule has 0 unspecified atom stereocenters. The zero-order valence-electron chi connectivity index (χ0n) is 12.7. The fraction of sp³-hybridized carbons (Fsp3) is 0.294. The number of pyridine rings is 1. The topological polar surface area (TPSA) is 86.5 Å². The molecular formula is C17H19N3O3. The summed E-state index contributed by atoms with van der Waals surface area (Å²) in [5.41, 5.74) is 5.99. The van der Waals surface area contributed by atoms with Crippen molar-refractivity contribution in [3.8, 4) is 11.5 Å². The van der Waals surface area contributed by atoms with Gasteiger partial charge in [-0.15, -0.1) is 0 Å². The van der Waals surface area contributed by atoms with Crippen molar-refractivity contribution in [2.24, 2.45) is 5.73 Å². The molecule has 6 heteroatoms. The van der Waals surface area contributed by atoms with Gasteiger partial charge in [-0.1, -0.05) is 0 Å². The molecule has 0 atom stereocenters. The molecule has 1 aromatic heterocycles. The van der Waals surface area contributed by atoms with Crippen LogP contribution in [0.25, 0.3) is 0 Å². The highest BCUT2D eigenvalue weighted by Crippen LogP contribution is 2.24. The van der Waals surface area contributed by atoms with Crippen molar-refractivity contribution in [3.63, 3.8) is 0 Å². The van der Waals surface area contributed by atoms with Crippen LogP contribution in [0.4, 0.5) is 5.69 Å². The number of rotatable bonds is 4. The number of nitrogens with two attached hydrogens (primary N) is 1. The van der Waals surface area contributed by atoms with Crippen LogP contribution < -0.4 is 15.8 Å². The summed E-state index contributed by atoms with van der Waals surface area (Å²) < 4.78 is 10.9. The van der Waals surface area contributed by atoms with Crippen LogP contribution in [0.15, 0.2) is 48.8 Å². The number of ether oxygens (including phenoxy) is 2.